The minimum atomic E-state index is -0.818. The highest BCUT2D eigenvalue weighted by molar-refractivity contribution is 5.72. The lowest BCUT2D eigenvalue weighted by Gasteiger charge is -2.23. The molecule has 18 heavy (non-hydrogen) atoms. The largest absolute Gasteiger partial charge is 0.496 e. The average Bonchev–Trinajstić information content (AvgIpc) is 2.30. The summed E-state index contributed by atoms with van der Waals surface area (Å²) in [6, 6.07) is 3.54. The molecule has 0 spiro atoms. The number of hydrogen-bond acceptors (Lipinski definition) is 3. The van der Waals surface area contributed by atoms with Gasteiger partial charge in [0.05, 0.1) is 7.11 Å². The zero-order chi connectivity index (χ0) is 13.9. The van der Waals surface area contributed by atoms with Crippen LogP contribution in [0.15, 0.2) is 12.1 Å². The number of hydrogen-bond donors (Lipinski definition) is 1. The number of rotatable bonds is 5. The van der Waals surface area contributed by atoms with Gasteiger partial charge in [-0.05, 0) is 45.0 Å². The van der Waals surface area contributed by atoms with Gasteiger partial charge in [0, 0.05) is 12.1 Å². The summed E-state index contributed by atoms with van der Waals surface area (Å²) in [6.07, 6.45) is 0. The maximum Gasteiger partial charge on any atom is 0.320 e. The average molecular weight is 251 g/mol. The molecule has 0 aliphatic rings. The smallest absolute Gasteiger partial charge is 0.320 e. The second kappa shape index (κ2) is 5.87. The van der Waals surface area contributed by atoms with Crippen molar-refractivity contribution < 1.29 is 14.6 Å². The van der Waals surface area contributed by atoms with E-state index in [1.807, 2.05) is 19.9 Å². The van der Waals surface area contributed by atoms with Crippen molar-refractivity contribution in [2.45, 2.75) is 33.4 Å². The van der Waals surface area contributed by atoms with Gasteiger partial charge in [-0.2, -0.15) is 0 Å². The summed E-state index contributed by atoms with van der Waals surface area (Å²) < 4.78 is 5.37. The number of ether oxygens (including phenoxy) is 1. The van der Waals surface area contributed by atoms with Crippen LogP contribution in [-0.4, -0.2) is 36.2 Å². The van der Waals surface area contributed by atoms with Crippen molar-refractivity contribution in [3.63, 3.8) is 0 Å². The maximum absolute atomic E-state index is 11.0. The molecule has 0 radical (unpaired) electrons. The number of nitrogens with zero attached hydrogens (tertiary/aromatic N) is 1. The first kappa shape index (κ1) is 14.5. The summed E-state index contributed by atoms with van der Waals surface area (Å²) in [6.45, 7) is 6.27. The van der Waals surface area contributed by atoms with Crippen molar-refractivity contribution in [2.24, 2.45) is 0 Å². The van der Waals surface area contributed by atoms with Gasteiger partial charge < -0.3 is 9.84 Å². The number of aryl methyl sites for hydroxylation is 2. The van der Waals surface area contributed by atoms with E-state index in [4.69, 9.17) is 9.84 Å². The van der Waals surface area contributed by atoms with Gasteiger partial charge in [-0.1, -0.05) is 6.07 Å². The summed E-state index contributed by atoms with van der Waals surface area (Å²) in [5.41, 5.74) is 3.30. The van der Waals surface area contributed by atoms with Crippen molar-refractivity contribution in [3.8, 4) is 5.75 Å². The number of carboxylic acids is 1. The van der Waals surface area contributed by atoms with Crippen LogP contribution in [0.5, 0.6) is 5.75 Å². The summed E-state index contributed by atoms with van der Waals surface area (Å²) in [4.78, 5) is 12.7. The third-order valence-corrected chi connectivity index (χ3v) is 3.22. The van der Waals surface area contributed by atoms with E-state index in [-0.39, 0.29) is 0 Å². The van der Waals surface area contributed by atoms with Crippen molar-refractivity contribution in [3.05, 3.63) is 28.8 Å². The van der Waals surface area contributed by atoms with Crippen LogP contribution in [0.1, 0.15) is 23.6 Å². The van der Waals surface area contributed by atoms with Crippen LogP contribution < -0.4 is 4.74 Å². The normalized spacial score (nSPS) is 12.6. The van der Waals surface area contributed by atoms with Gasteiger partial charge in [-0.15, -0.1) is 0 Å². The van der Waals surface area contributed by atoms with E-state index < -0.39 is 12.0 Å². The topological polar surface area (TPSA) is 49.8 Å². The predicted octanol–water partition coefficient (Wildman–Crippen LogP) is 2.22. The lowest BCUT2D eigenvalue weighted by Crippen LogP contribution is -2.35. The fourth-order valence-corrected chi connectivity index (χ4v) is 1.92. The lowest BCUT2D eigenvalue weighted by atomic mass is 10.0. The van der Waals surface area contributed by atoms with Gasteiger partial charge in [0.15, 0.2) is 0 Å². The van der Waals surface area contributed by atoms with E-state index in [0.29, 0.717) is 6.54 Å². The van der Waals surface area contributed by atoms with Gasteiger partial charge in [0.25, 0.3) is 0 Å². The molecule has 0 aromatic heterocycles. The molecule has 1 aromatic carbocycles. The Hall–Kier alpha value is -1.55. The lowest BCUT2D eigenvalue weighted by molar-refractivity contribution is -0.142. The third kappa shape index (κ3) is 3.23. The summed E-state index contributed by atoms with van der Waals surface area (Å²) in [5.74, 6) is -0.00169. The number of likely N-dealkylation sites (N-methyl/N-ethyl adjacent to an activating group) is 1. The fraction of sp³-hybridized carbons (Fsp3) is 0.500. The van der Waals surface area contributed by atoms with Gasteiger partial charge in [0.1, 0.15) is 11.8 Å². The van der Waals surface area contributed by atoms with Crippen LogP contribution in [0.3, 0.4) is 0 Å². The van der Waals surface area contributed by atoms with Crippen LogP contribution in [0.25, 0.3) is 0 Å². The molecule has 0 heterocycles. The summed E-state index contributed by atoms with van der Waals surface area (Å²) >= 11 is 0. The molecule has 0 aliphatic heterocycles. The van der Waals surface area contributed by atoms with E-state index >= 15 is 0 Å². The number of carboxylic acid groups (broad SMARTS) is 1. The molecule has 1 unspecified atom stereocenters. The van der Waals surface area contributed by atoms with Crippen LogP contribution >= 0.6 is 0 Å². The van der Waals surface area contributed by atoms with Crippen LogP contribution in [-0.2, 0) is 11.3 Å². The molecular formula is C14H21NO3. The zero-order valence-corrected chi connectivity index (χ0v) is 11.7. The third-order valence-electron chi connectivity index (χ3n) is 3.22. The Balaban J connectivity index is 3.00. The molecule has 0 aliphatic carbocycles. The van der Waals surface area contributed by atoms with Gasteiger partial charge in [-0.25, -0.2) is 0 Å². The van der Waals surface area contributed by atoms with Crippen molar-refractivity contribution in [1.82, 2.24) is 4.90 Å². The second-order valence-electron chi connectivity index (χ2n) is 4.69. The molecule has 1 aromatic rings. The fourth-order valence-electron chi connectivity index (χ4n) is 1.92. The Bertz CT molecular complexity index is 443. The van der Waals surface area contributed by atoms with E-state index in [1.165, 1.54) is 0 Å². The van der Waals surface area contributed by atoms with Crippen molar-refractivity contribution in [1.29, 1.82) is 0 Å². The van der Waals surface area contributed by atoms with E-state index in [0.717, 1.165) is 22.4 Å². The first-order valence-corrected chi connectivity index (χ1v) is 5.94. The van der Waals surface area contributed by atoms with E-state index in [1.54, 1.807) is 26.0 Å². The van der Waals surface area contributed by atoms with Crippen molar-refractivity contribution in [2.75, 3.05) is 14.2 Å². The SMILES string of the molecule is COc1cc(C)cc(C)c1CN(C)C(C)C(=O)O. The summed E-state index contributed by atoms with van der Waals surface area (Å²) in [7, 11) is 3.44. The Morgan fingerprint density at radius 3 is 2.56 bits per heavy atom. The highest BCUT2D eigenvalue weighted by Crippen LogP contribution is 2.25. The van der Waals surface area contributed by atoms with Crippen LogP contribution in [0.4, 0.5) is 0 Å². The number of aliphatic carboxylic acids is 1. The van der Waals surface area contributed by atoms with Crippen molar-refractivity contribution >= 4 is 5.97 Å². The minimum Gasteiger partial charge on any atom is -0.496 e. The van der Waals surface area contributed by atoms with Gasteiger partial charge in [-0.3, -0.25) is 9.69 Å². The van der Waals surface area contributed by atoms with Crippen LogP contribution in [0, 0.1) is 13.8 Å². The molecule has 0 saturated heterocycles. The number of carbonyl (C=O) groups is 1. The molecule has 4 nitrogen and oxygen atoms in total. The number of benzene rings is 1. The predicted molar refractivity (Wildman–Crippen MR) is 71.0 cm³/mol. The molecule has 0 fully saturated rings. The Kier molecular flexibility index (Phi) is 4.73. The highest BCUT2D eigenvalue weighted by atomic mass is 16.5. The Labute approximate surface area is 108 Å². The van der Waals surface area contributed by atoms with Gasteiger partial charge >= 0.3 is 5.97 Å². The second-order valence-corrected chi connectivity index (χ2v) is 4.69. The van der Waals surface area contributed by atoms with Crippen LogP contribution in [0.2, 0.25) is 0 Å². The molecule has 4 heteroatoms. The molecule has 1 N–H and O–H groups in total. The Morgan fingerprint density at radius 2 is 2.06 bits per heavy atom. The molecule has 0 bridgehead atoms. The highest BCUT2D eigenvalue weighted by Gasteiger charge is 2.19. The van der Waals surface area contributed by atoms with E-state index in [9.17, 15) is 4.79 Å². The van der Waals surface area contributed by atoms with E-state index in [2.05, 4.69) is 6.07 Å². The molecule has 0 amide bonds. The monoisotopic (exact) mass is 251 g/mol. The van der Waals surface area contributed by atoms with Gasteiger partial charge in [0.2, 0.25) is 0 Å². The standard InChI is InChI=1S/C14H21NO3/c1-9-6-10(2)12(13(7-9)18-5)8-15(4)11(3)14(16)17/h6-7,11H,8H2,1-5H3,(H,16,17). The minimum absolute atomic E-state index is 0.518. The molecule has 1 atom stereocenters. The molecular weight excluding hydrogens is 230 g/mol. The zero-order valence-electron chi connectivity index (χ0n) is 11.7. The molecule has 100 valence electrons. The molecule has 1 rings (SSSR count). The summed E-state index contributed by atoms with van der Waals surface area (Å²) in [5, 5.41) is 9.00. The Morgan fingerprint density at radius 1 is 1.44 bits per heavy atom. The first-order valence-electron chi connectivity index (χ1n) is 5.94. The quantitative estimate of drug-likeness (QED) is 0.871. The number of methoxy groups -OCH3 is 1. The first-order chi connectivity index (χ1) is 8.36. The molecule has 0 saturated carbocycles. The maximum atomic E-state index is 11.0.